The molecule has 0 amide bonds. The van der Waals surface area contributed by atoms with Crippen molar-refractivity contribution < 1.29 is 9.15 Å². The lowest BCUT2D eigenvalue weighted by molar-refractivity contribution is 0.393. The van der Waals surface area contributed by atoms with Gasteiger partial charge in [-0.2, -0.15) is 4.98 Å². The van der Waals surface area contributed by atoms with E-state index in [9.17, 15) is 0 Å². The van der Waals surface area contributed by atoms with Gasteiger partial charge in [0.1, 0.15) is 5.52 Å². The molecule has 0 saturated carbocycles. The Hall–Kier alpha value is -1.29. The number of hydrogen-bond donors (Lipinski definition) is 0. The van der Waals surface area contributed by atoms with Gasteiger partial charge >= 0.3 is 0 Å². The number of nitrogens with zero attached hydrogens (tertiary/aromatic N) is 2. The van der Waals surface area contributed by atoms with Crippen molar-refractivity contribution >= 4 is 22.7 Å². The highest BCUT2D eigenvalue weighted by Gasteiger charge is 2.08. The van der Waals surface area contributed by atoms with Gasteiger partial charge in [-0.05, 0) is 11.6 Å². The van der Waals surface area contributed by atoms with E-state index < -0.39 is 0 Å². The highest BCUT2D eigenvalue weighted by atomic mass is 35.5. The first-order valence-corrected chi connectivity index (χ1v) is 3.64. The van der Waals surface area contributed by atoms with E-state index in [-0.39, 0.29) is 5.28 Å². The standard InChI is InChI=1S/C7H5ClN2O2/c1-11-6-5-4(2-3-12-5)9-7(8)10-6/h2-3H,1H3. The average Bonchev–Trinajstić information content (AvgIpc) is 2.50. The molecule has 0 unspecified atom stereocenters. The Labute approximate surface area is 73.1 Å². The summed E-state index contributed by atoms with van der Waals surface area (Å²) in [6, 6.07) is 1.70. The van der Waals surface area contributed by atoms with Crippen LogP contribution >= 0.6 is 11.6 Å². The molecule has 0 fully saturated rings. The summed E-state index contributed by atoms with van der Waals surface area (Å²) >= 11 is 5.62. The number of halogens is 1. The molecule has 0 aliphatic carbocycles. The fourth-order valence-electron chi connectivity index (χ4n) is 0.948. The first kappa shape index (κ1) is 7.36. The van der Waals surface area contributed by atoms with E-state index in [0.29, 0.717) is 17.0 Å². The van der Waals surface area contributed by atoms with Gasteiger partial charge in [0.15, 0.2) is 0 Å². The predicted octanol–water partition coefficient (Wildman–Crippen LogP) is 1.88. The maximum Gasteiger partial charge on any atom is 0.262 e. The second kappa shape index (κ2) is 2.64. The molecule has 0 bridgehead atoms. The molecular formula is C7H5ClN2O2. The molecule has 0 spiro atoms. The van der Waals surface area contributed by atoms with Gasteiger partial charge in [-0.1, -0.05) is 0 Å². The van der Waals surface area contributed by atoms with Gasteiger partial charge in [-0.25, -0.2) is 4.98 Å². The number of hydrogen-bond acceptors (Lipinski definition) is 4. The largest absolute Gasteiger partial charge is 0.478 e. The van der Waals surface area contributed by atoms with Gasteiger partial charge in [-0.3, -0.25) is 0 Å². The number of methoxy groups -OCH3 is 1. The van der Waals surface area contributed by atoms with E-state index in [1.165, 1.54) is 13.4 Å². The minimum Gasteiger partial charge on any atom is -0.478 e. The molecule has 0 aromatic carbocycles. The molecule has 0 saturated heterocycles. The molecule has 2 aromatic heterocycles. The summed E-state index contributed by atoms with van der Waals surface area (Å²) in [4.78, 5) is 7.76. The highest BCUT2D eigenvalue weighted by molar-refractivity contribution is 6.28. The van der Waals surface area contributed by atoms with Gasteiger partial charge in [0.05, 0.1) is 13.4 Å². The molecule has 62 valence electrons. The molecule has 2 rings (SSSR count). The maximum atomic E-state index is 5.62. The molecule has 0 aliphatic heterocycles. The van der Waals surface area contributed by atoms with Crippen LogP contribution in [0.5, 0.6) is 5.88 Å². The van der Waals surface area contributed by atoms with E-state index >= 15 is 0 Å². The second-order valence-electron chi connectivity index (χ2n) is 2.14. The van der Waals surface area contributed by atoms with E-state index in [1.807, 2.05) is 0 Å². The van der Waals surface area contributed by atoms with E-state index in [0.717, 1.165) is 0 Å². The summed E-state index contributed by atoms with van der Waals surface area (Å²) in [5, 5.41) is 0.153. The van der Waals surface area contributed by atoms with Gasteiger partial charge in [0.2, 0.25) is 10.9 Å². The van der Waals surface area contributed by atoms with Crippen LogP contribution in [-0.4, -0.2) is 17.1 Å². The van der Waals surface area contributed by atoms with E-state index in [2.05, 4.69) is 9.97 Å². The lowest BCUT2D eigenvalue weighted by atomic mass is 10.5. The highest BCUT2D eigenvalue weighted by Crippen LogP contribution is 2.23. The zero-order chi connectivity index (χ0) is 8.55. The molecule has 2 heterocycles. The Kier molecular flexibility index (Phi) is 1.62. The fraction of sp³-hybridized carbons (Fsp3) is 0.143. The third kappa shape index (κ3) is 1.00. The second-order valence-corrected chi connectivity index (χ2v) is 2.47. The summed E-state index contributed by atoms with van der Waals surface area (Å²) < 4.78 is 10.0. The molecule has 0 atom stereocenters. The molecule has 12 heavy (non-hydrogen) atoms. The third-order valence-corrected chi connectivity index (χ3v) is 1.61. The lowest BCUT2D eigenvalue weighted by Crippen LogP contribution is -1.90. The third-order valence-electron chi connectivity index (χ3n) is 1.44. The average molecular weight is 185 g/mol. The SMILES string of the molecule is COc1nc(Cl)nc2ccoc12. The van der Waals surface area contributed by atoms with Crippen LogP contribution in [-0.2, 0) is 0 Å². The Morgan fingerprint density at radius 2 is 2.33 bits per heavy atom. The van der Waals surface area contributed by atoms with Crippen molar-refractivity contribution in [3.63, 3.8) is 0 Å². The smallest absolute Gasteiger partial charge is 0.262 e. The normalized spacial score (nSPS) is 10.5. The van der Waals surface area contributed by atoms with E-state index in [4.69, 9.17) is 20.8 Å². The Morgan fingerprint density at radius 1 is 1.50 bits per heavy atom. The number of furan rings is 1. The molecule has 4 nitrogen and oxygen atoms in total. The van der Waals surface area contributed by atoms with Crippen LogP contribution in [0, 0.1) is 0 Å². The molecule has 5 heteroatoms. The molecule has 2 aromatic rings. The monoisotopic (exact) mass is 184 g/mol. The fourth-order valence-corrected chi connectivity index (χ4v) is 1.12. The van der Waals surface area contributed by atoms with Gasteiger partial charge in [0, 0.05) is 6.07 Å². The van der Waals surface area contributed by atoms with Crippen molar-refractivity contribution in [2.75, 3.05) is 7.11 Å². The summed E-state index contributed by atoms with van der Waals surface area (Å²) in [7, 11) is 1.50. The van der Waals surface area contributed by atoms with Crippen LogP contribution in [0.1, 0.15) is 0 Å². The maximum absolute atomic E-state index is 5.62. The van der Waals surface area contributed by atoms with E-state index in [1.54, 1.807) is 6.07 Å². The Balaban J connectivity index is 2.80. The quantitative estimate of drug-likeness (QED) is 0.635. The van der Waals surface area contributed by atoms with Crippen molar-refractivity contribution in [1.82, 2.24) is 9.97 Å². The Morgan fingerprint density at radius 3 is 3.08 bits per heavy atom. The first-order chi connectivity index (χ1) is 5.81. The summed E-state index contributed by atoms with van der Waals surface area (Å²) in [6.07, 6.45) is 1.51. The van der Waals surface area contributed by atoms with Crippen LogP contribution in [0.25, 0.3) is 11.1 Å². The van der Waals surface area contributed by atoms with Crippen LogP contribution in [0.4, 0.5) is 0 Å². The minimum absolute atomic E-state index is 0.153. The van der Waals surface area contributed by atoms with Crippen molar-refractivity contribution in [1.29, 1.82) is 0 Å². The zero-order valence-electron chi connectivity index (χ0n) is 6.24. The minimum atomic E-state index is 0.153. The molecule has 0 N–H and O–H groups in total. The molecular weight excluding hydrogens is 180 g/mol. The first-order valence-electron chi connectivity index (χ1n) is 3.26. The van der Waals surface area contributed by atoms with Crippen molar-refractivity contribution in [2.45, 2.75) is 0 Å². The summed E-state index contributed by atoms with van der Waals surface area (Å²) in [5.41, 5.74) is 1.16. The number of fused-ring (bicyclic) bond motifs is 1. The van der Waals surface area contributed by atoms with Crippen LogP contribution < -0.4 is 4.74 Å². The van der Waals surface area contributed by atoms with Crippen molar-refractivity contribution in [2.24, 2.45) is 0 Å². The number of aromatic nitrogens is 2. The number of ether oxygens (including phenoxy) is 1. The topological polar surface area (TPSA) is 48.2 Å². The van der Waals surface area contributed by atoms with Crippen molar-refractivity contribution in [3.05, 3.63) is 17.6 Å². The van der Waals surface area contributed by atoms with Gasteiger partial charge < -0.3 is 9.15 Å². The summed E-state index contributed by atoms with van der Waals surface area (Å²) in [5.74, 6) is 0.356. The van der Waals surface area contributed by atoms with Crippen molar-refractivity contribution in [3.8, 4) is 5.88 Å². The zero-order valence-corrected chi connectivity index (χ0v) is 7.00. The van der Waals surface area contributed by atoms with Crippen LogP contribution in [0.2, 0.25) is 5.28 Å². The number of rotatable bonds is 1. The predicted molar refractivity (Wildman–Crippen MR) is 43.4 cm³/mol. The van der Waals surface area contributed by atoms with Crippen LogP contribution in [0.15, 0.2) is 16.7 Å². The van der Waals surface area contributed by atoms with Crippen LogP contribution in [0.3, 0.4) is 0 Å². The Bertz CT molecular complexity index is 413. The van der Waals surface area contributed by atoms with Gasteiger partial charge in [0.25, 0.3) is 5.88 Å². The lowest BCUT2D eigenvalue weighted by Gasteiger charge is -1.97. The van der Waals surface area contributed by atoms with Gasteiger partial charge in [-0.15, -0.1) is 0 Å². The molecule has 0 radical (unpaired) electrons. The molecule has 0 aliphatic rings. The summed E-state index contributed by atoms with van der Waals surface area (Å²) in [6.45, 7) is 0.